The Morgan fingerprint density at radius 2 is 1.80 bits per heavy atom. The maximum absolute atomic E-state index is 11.6. The van der Waals surface area contributed by atoms with Crippen molar-refractivity contribution < 1.29 is 12.8 Å². The van der Waals surface area contributed by atoms with E-state index in [1.807, 2.05) is 19.1 Å². The molecule has 0 aliphatic carbocycles. The van der Waals surface area contributed by atoms with Crippen LogP contribution in [0.5, 0.6) is 0 Å². The molecular formula is C18H26N2O4S. The van der Waals surface area contributed by atoms with Crippen LogP contribution in [0.15, 0.2) is 33.5 Å². The van der Waals surface area contributed by atoms with Crippen LogP contribution in [0.2, 0.25) is 0 Å². The number of anilines is 1. The van der Waals surface area contributed by atoms with Gasteiger partial charge in [-0.2, -0.15) is 0 Å². The fourth-order valence-electron chi connectivity index (χ4n) is 2.50. The Morgan fingerprint density at radius 1 is 1.08 bits per heavy atom. The summed E-state index contributed by atoms with van der Waals surface area (Å²) in [4.78, 5) is 11.3. The number of hydrogen-bond acceptors (Lipinski definition) is 5. The summed E-state index contributed by atoms with van der Waals surface area (Å²) in [6.45, 7) is 6.54. The van der Waals surface area contributed by atoms with Gasteiger partial charge in [-0.25, -0.2) is 17.9 Å². The van der Waals surface area contributed by atoms with Crippen LogP contribution < -0.4 is 15.7 Å². The van der Waals surface area contributed by atoms with Crippen LogP contribution in [0.1, 0.15) is 38.7 Å². The third-order valence-corrected chi connectivity index (χ3v) is 5.86. The van der Waals surface area contributed by atoms with Gasteiger partial charge in [-0.05, 0) is 57.4 Å². The maximum atomic E-state index is 11.6. The number of aryl methyl sites for hydroxylation is 1. The zero-order chi connectivity index (χ0) is 18.4. The van der Waals surface area contributed by atoms with Gasteiger partial charge in [-0.1, -0.05) is 6.42 Å². The molecule has 1 aromatic carbocycles. The summed E-state index contributed by atoms with van der Waals surface area (Å²) in [7, 11) is -3.16. The molecule has 0 bridgehead atoms. The van der Waals surface area contributed by atoms with Gasteiger partial charge >= 0.3 is 5.63 Å². The molecular weight excluding hydrogens is 340 g/mol. The highest BCUT2D eigenvalue weighted by Crippen LogP contribution is 2.22. The highest BCUT2D eigenvalue weighted by molar-refractivity contribution is 7.90. The fraction of sp³-hybridized carbons (Fsp3) is 0.500. The second-order valence-corrected chi connectivity index (χ2v) is 8.76. The lowest BCUT2D eigenvalue weighted by Crippen LogP contribution is -2.31. The van der Waals surface area contributed by atoms with Crippen molar-refractivity contribution in [3.8, 4) is 0 Å². The fourth-order valence-corrected chi connectivity index (χ4v) is 3.26. The number of nitrogens with one attached hydrogen (secondary N) is 2. The molecule has 7 heteroatoms. The lowest BCUT2D eigenvalue weighted by atomic mass is 10.1. The van der Waals surface area contributed by atoms with E-state index in [1.165, 1.54) is 6.07 Å². The van der Waals surface area contributed by atoms with Crippen molar-refractivity contribution >= 4 is 26.7 Å². The second kappa shape index (κ2) is 8.49. The molecule has 0 atom stereocenters. The number of benzene rings is 1. The first kappa shape index (κ1) is 19.5. The monoisotopic (exact) mass is 366 g/mol. The molecule has 138 valence electrons. The standard InChI is InChI=1S/C18H26N2O4S/c1-13(2)25(22,23)20-10-6-4-5-9-19-16-11-14(3)18-15(12-16)7-8-17(21)24-18/h7-8,11-13,19-20H,4-6,9-10H2,1-3H3. The average Bonchev–Trinajstić information content (AvgIpc) is 2.54. The molecule has 2 rings (SSSR count). The minimum Gasteiger partial charge on any atom is -0.422 e. The van der Waals surface area contributed by atoms with Crippen LogP contribution in [0.25, 0.3) is 11.0 Å². The number of unbranched alkanes of at least 4 members (excludes halogenated alkanes) is 2. The maximum Gasteiger partial charge on any atom is 0.336 e. The molecule has 2 aromatic rings. The molecule has 0 saturated heterocycles. The van der Waals surface area contributed by atoms with Crippen LogP contribution in [0.4, 0.5) is 5.69 Å². The molecule has 6 nitrogen and oxygen atoms in total. The molecule has 1 aromatic heterocycles. The molecule has 0 spiro atoms. The largest absolute Gasteiger partial charge is 0.422 e. The molecule has 1 heterocycles. The van der Waals surface area contributed by atoms with Crippen molar-refractivity contribution in [1.82, 2.24) is 4.72 Å². The van der Waals surface area contributed by atoms with Crippen molar-refractivity contribution in [3.63, 3.8) is 0 Å². The summed E-state index contributed by atoms with van der Waals surface area (Å²) in [6.07, 6.45) is 2.70. The van der Waals surface area contributed by atoms with Gasteiger partial charge in [0, 0.05) is 30.2 Å². The van der Waals surface area contributed by atoms with Crippen molar-refractivity contribution in [2.75, 3.05) is 18.4 Å². The van der Waals surface area contributed by atoms with Gasteiger partial charge in [-0.3, -0.25) is 0 Å². The summed E-state index contributed by atoms with van der Waals surface area (Å²) >= 11 is 0. The van der Waals surface area contributed by atoms with E-state index in [0.29, 0.717) is 12.1 Å². The second-order valence-electron chi connectivity index (χ2n) is 6.44. The normalized spacial score (nSPS) is 12.0. The van der Waals surface area contributed by atoms with Gasteiger partial charge < -0.3 is 9.73 Å². The summed E-state index contributed by atoms with van der Waals surface area (Å²) in [5.41, 5.74) is 2.18. The summed E-state index contributed by atoms with van der Waals surface area (Å²) < 4.78 is 31.1. The Balaban J connectivity index is 1.76. The average molecular weight is 366 g/mol. The van der Waals surface area contributed by atoms with Crippen LogP contribution >= 0.6 is 0 Å². The van der Waals surface area contributed by atoms with Gasteiger partial charge in [-0.15, -0.1) is 0 Å². The van der Waals surface area contributed by atoms with E-state index >= 15 is 0 Å². The molecule has 0 aliphatic rings. The van der Waals surface area contributed by atoms with Crippen LogP contribution in [0, 0.1) is 6.92 Å². The van der Waals surface area contributed by atoms with E-state index in [1.54, 1.807) is 19.9 Å². The minimum absolute atomic E-state index is 0.343. The Labute approximate surface area is 148 Å². The highest BCUT2D eigenvalue weighted by atomic mass is 32.2. The van der Waals surface area contributed by atoms with E-state index in [2.05, 4.69) is 10.0 Å². The van der Waals surface area contributed by atoms with E-state index in [4.69, 9.17) is 4.42 Å². The van der Waals surface area contributed by atoms with Gasteiger partial charge in [0.2, 0.25) is 10.0 Å². The zero-order valence-corrected chi connectivity index (χ0v) is 15.8. The molecule has 0 radical (unpaired) electrons. The quantitative estimate of drug-likeness (QED) is 0.526. The van der Waals surface area contributed by atoms with Gasteiger partial charge in [0.15, 0.2) is 0 Å². The number of fused-ring (bicyclic) bond motifs is 1. The number of hydrogen-bond donors (Lipinski definition) is 2. The predicted octanol–water partition coefficient (Wildman–Crippen LogP) is 3.01. The smallest absolute Gasteiger partial charge is 0.336 e. The summed E-state index contributed by atoms with van der Waals surface area (Å²) in [5, 5.41) is 3.86. The SMILES string of the molecule is Cc1cc(NCCCCCNS(=O)(=O)C(C)C)cc2ccc(=O)oc12. The third-order valence-electron chi connectivity index (χ3n) is 4.01. The third kappa shape index (κ3) is 5.57. The molecule has 0 saturated carbocycles. The Kier molecular flexibility index (Phi) is 6.61. The van der Waals surface area contributed by atoms with Crippen LogP contribution in [0.3, 0.4) is 0 Å². The minimum atomic E-state index is -3.16. The van der Waals surface area contributed by atoms with Gasteiger partial charge in [0.1, 0.15) is 5.58 Å². The molecule has 0 amide bonds. The Hall–Kier alpha value is -1.86. The molecule has 25 heavy (non-hydrogen) atoms. The highest BCUT2D eigenvalue weighted by Gasteiger charge is 2.13. The predicted molar refractivity (Wildman–Crippen MR) is 102 cm³/mol. The molecule has 0 aliphatic heterocycles. The Morgan fingerprint density at radius 3 is 2.52 bits per heavy atom. The van der Waals surface area contributed by atoms with Gasteiger partial charge in [0.25, 0.3) is 0 Å². The molecule has 0 unspecified atom stereocenters. The van der Waals surface area contributed by atoms with E-state index in [0.717, 1.165) is 42.4 Å². The molecule has 2 N–H and O–H groups in total. The van der Waals surface area contributed by atoms with Gasteiger partial charge in [0.05, 0.1) is 5.25 Å². The van der Waals surface area contributed by atoms with E-state index < -0.39 is 15.3 Å². The number of rotatable bonds is 9. The van der Waals surface area contributed by atoms with Crippen molar-refractivity contribution in [2.45, 2.75) is 45.3 Å². The summed E-state index contributed by atoms with van der Waals surface area (Å²) in [6, 6.07) is 7.11. The lowest BCUT2D eigenvalue weighted by Gasteiger charge is -2.10. The zero-order valence-electron chi connectivity index (χ0n) is 15.0. The lowest BCUT2D eigenvalue weighted by molar-refractivity contribution is 0.558. The number of sulfonamides is 1. The summed E-state index contributed by atoms with van der Waals surface area (Å²) in [5.74, 6) is 0. The van der Waals surface area contributed by atoms with E-state index in [9.17, 15) is 13.2 Å². The Bertz CT molecular complexity index is 872. The molecule has 0 fully saturated rings. The van der Waals surface area contributed by atoms with E-state index in [-0.39, 0.29) is 5.63 Å². The first-order valence-electron chi connectivity index (χ1n) is 8.56. The van der Waals surface area contributed by atoms with Crippen LogP contribution in [-0.2, 0) is 10.0 Å². The van der Waals surface area contributed by atoms with Crippen molar-refractivity contribution in [1.29, 1.82) is 0 Å². The van der Waals surface area contributed by atoms with Crippen molar-refractivity contribution in [2.24, 2.45) is 0 Å². The van der Waals surface area contributed by atoms with Crippen LogP contribution in [-0.4, -0.2) is 26.8 Å². The first-order valence-corrected chi connectivity index (χ1v) is 10.1. The topological polar surface area (TPSA) is 88.4 Å². The van der Waals surface area contributed by atoms with Crippen molar-refractivity contribution in [3.05, 3.63) is 40.2 Å². The first-order chi connectivity index (χ1) is 11.8.